The van der Waals surface area contributed by atoms with Crippen molar-refractivity contribution in [3.05, 3.63) is 50.1 Å². The fraction of sp³-hybridized carbons (Fsp3) is 0.348. The first-order valence-corrected chi connectivity index (χ1v) is 13.6. The zero-order chi connectivity index (χ0) is 27.1. The molecule has 14 heteroatoms. The topological polar surface area (TPSA) is 122 Å². The summed E-state index contributed by atoms with van der Waals surface area (Å²) in [6.07, 6.45) is 0. The number of nitrogens with one attached hydrogen (secondary N) is 1. The highest BCUT2D eigenvalue weighted by Gasteiger charge is 2.27. The number of carbonyl (C=O) groups is 3. The summed E-state index contributed by atoms with van der Waals surface area (Å²) < 4.78 is 17.6. The second-order valence-electron chi connectivity index (χ2n) is 7.36. The number of amides is 1. The molecule has 0 spiro atoms. The van der Waals surface area contributed by atoms with Gasteiger partial charge in [-0.1, -0.05) is 35.0 Å². The van der Waals surface area contributed by atoms with Crippen LogP contribution < -0.4 is 10.1 Å². The summed E-state index contributed by atoms with van der Waals surface area (Å²) in [5.41, 5.74) is 0.522. The van der Waals surface area contributed by atoms with Gasteiger partial charge in [0.15, 0.2) is 11.0 Å². The molecule has 0 unspecified atom stereocenters. The van der Waals surface area contributed by atoms with Crippen molar-refractivity contribution in [2.75, 3.05) is 24.3 Å². The molecule has 0 aliphatic rings. The molecule has 0 aliphatic heterocycles. The lowest BCUT2D eigenvalue weighted by atomic mass is 10.1. The highest BCUT2D eigenvalue weighted by Crippen LogP contribution is 2.34. The van der Waals surface area contributed by atoms with E-state index < -0.39 is 17.8 Å². The quantitative estimate of drug-likeness (QED) is 0.240. The zero-order valence-corrected chi connectivity index (χ0v) is 23.6. The second-order valence-corrected chi connectivity index (χ2v) is 10.2. The smallest absolute Gasteiger partial charge is 0.348 e. The Morgan fingerprint density at radius 3 is 2.51 bits per heavy atom. The number of aromatic nitrogens is 3. The summed E-state index contributed by atoms with van der Waals surface area (Å²) in [6, 6.07) is 4.89. The lowest BCUT2D eigenvalue weighted by Gasteiger charge is -2.09. The summed E-state index contributed by atoms with van der Waals surface area (Å²) in [4.78, 5) is 37.8. The molecule has 0 aliphatic carbocycles. The molecule has 0 fully saturated rings. The third kappa shape index (κ3) is 7.16. The number of hydrogen-bond acceptors (Lipinski definition) is 10. The van der Waals surface area contributed by atoms with Gasteiger partial charge in [-0.25, -0.2) is 9.59 Å². The van der Waals surface area contributed by atoms with Gasteiger partial charge < -0.3 is 24.1 Å². The lowest BCUT2D eigenvalue weighted by Crippen LogP contribution is -2.17. The predicted molar refractivity (Wildman–Crippen MR) is 142 cm³/mol. The normalized spacial score (nSPS) is 10.8. The van der Waals surface area contributed by atoms with Crippen LogP contribution >= 0.6 is 46.3 Å². The fourth-order valence-electron chi connectivity index (χ4n) is 3.06. The highest BCUT2D eigenvalue weighted by atomic mass is 35.5. The second kappa shape index (κ2) is 13.1. The van der Waals surface area contributed by atoms with Gasteiger partial charge in [0.2, 0.25) is 5.91 Å². The van der Waals surface area contributed by atoms with Crippen molar-refractivity contribution in [1.29, 1.82) is 0 Å². The maximum Gasteiger partial charge on any atom is 0.348 e. The number of carbonyl (C=O) groups excluding carboxylic acids is 3. The molecule has 0 saturated heterocycles. The minimum absolute atomic E-state index is 0.0269. The number of nitrogens with zero attached hydrogens (tertiary/aromatic N) is 3. The molecule has 0 atom stereocenters. The van der Waals surface area contributed by atoms with E-state index in [9.17, 15) is 14.4 Å². The van der Waals surface area contributed by atoms with Gasteiger partial charge >= 0.3 is 11.9 Å². The van der Waals surface area contributed by atoms with Crippen LogP contribution in [0.2, 0.25) is 10.0 Å². The van der Waals surface area contributed by atoms with Gasteiger partial charge in [-0.05, 0) is 38.5 Å². The maximum atomic E-state index is 12.7. The molecule has 37 heavy (non-hydrogen) atoms. The molecule has 3 rings (SSSR count). The molecule has 2 aromatic heterocycles. The Balaban J connectivity index is 1.67. The summed E-state index contributed by atoms with van der Waals surface area (Å²) >= 11 is 14.2. The minimum atomic E-state index is -0.632. The predicted octanol–water partition coefficient (Wildman–Crippen LogP) is 5.16. The van der Waals surface area contributed by atoms with Crippen LogP contribution in [-0.2, 0) is 27.9 Å². The maximum absolute atomic E-state index is 12.7. The van der Waals surface area contributed by atoms with Crippen LogP contribution in [0.3, 0.4) is 0 Å². The van der Waals surface area contributed by atoms with E-state index >= 15 is 0 Å². The Bertz CT molecular complexity index is 1310. The number of ether oxygens (including phenoxy) is 3. The van der Waals surface area contributed by atoms with Crippen LogP contribution in [0.1, 0.15) is 45.3 Å². The number of hydrogen-bond donors (Lipinski definition) is 1. The van der Waals surface area contributed by atoms with Crippen molar-refractivity contribution in [2.45, 2.75) is 32.5 Å². The van der Waals surface area contributed by atoms with Crippen molar-refractivity contribution >= 4 is 69.1 Å². The largest absolute Gasteiger partial charge is 0.484 e. The average Bonchev–Trinajstić information content (AvgIpc) is 3.37. The Kier molecular flexibility index (Phi) is 10.2. The number of rotatable bonds is 11. The Morgan fingerprint density at radius 1 is 1.11 bits per heavy atom. The van der Waals surface area contributed by atoms with Crippen molar-refractivity contribution in [1.82, 2.24) is 14.8 Å². The summed E-state index contributed by atoms with van der Waals surface area (Å²) in [7, 11) is 1.74. The Labute approximate surface area is 231 Å². The van der Waals surface area contributed by atoms with Crippen molar-refractivity contribution < 1.29 is 28.6 Å². The molecule has 198 valence electrons. The van der Waals surface area contributed by atoms with Crippen LogP contribution in [0.15, 0.2) is 23.4 Å². The van der Waals surface area contributed by atoms with Gasteiger partial charge in [-0.15, -0.1) is 21.5 Å². The van der Waals surface area contributed by atoms with E-state index in [0.29, 0.717) is 32.3 Å². The molecular weight excluding hydrogens is 563 g/mol. The average molecular weight is 588 g/mol. The number of thiophene rings is 1. The van der Waals surface area contributed by atoms with E-state index in [1.54, 1.807) is 50.6 Å². The summed E-state index contributed by atoms with van der Waals surface area (Å²) in [5.74, 6) is -0.710. The third-order valence-corrected chi connectivity index (χ3v) is 7.60. The zero-order valence-electron chi connectivity index (χ0n) is 20.4. The number of esters is 2. The van der Waals surface area contributed by atoms with E-state index in [0.717, 1.165) is 23.1 Å². The van der Waals surface area contributed by atoms with Crippen molar-refractivity contribution in [3.63, 3.8) is 0 Å². The van der Waals surface area contributed by atoms with Gasteiger partial charge in [0.05, 0.1) is 29.6 Å². The fourth-order valence-corrected chi connectivity index (χ4v) is 5.23. The molecule has 0 saturated carbocycles. The minimum Gasteiger partial charge on any atom is -0.484 e. The molecule has 3 aromatic rings. The first kappa shape index (κ1) is 28.8. The lowest BCUT2D eigenvalue weighted by molar-refractivity contribution is -0.113. The van der Waals surface area contributed by atoms with E-state index in [2.05, 4.69) is 15.5 Å². The highest BCUT2D eigenvalue weighted by molar-refractivity contribution is 7.99. The summed E-state index contributed by atoms with van der Waals surface area (Å²) in [6.45, 7) is 5.38. The molecular formula is C23H24Cl2N4O6S2. The number of anilines is 1. The monoisotopic (exact) mass is 586 g/mol. The van der Waals surface area contributed by atoms with Crippen LogP contribution in [0.4, 0.5) is 5.00 Å². The number of halogens is 2. The van der Waals surface area contributed by atoms with Crippen molar-refractivity contribution in [3.8, 4) is 5.75 Å². The SMILES string of the molecule is CCOC(=O)c1sc(NC(=O)CSc2nnc(COc3cc(Cl)ccc3Cl)n2C)c(C(=O)OCC)c1C. The molecule has 1 aromatic carbocycles. The Morgan fingerprint density at radius 2 is 1.81 bits per heavy atom. The van der Waals surface area contributed by atoms with E-state index in [1.807, 2.05) is 0 Å². The van der Waals surface area contributed by atoms with Gasteiger partial charge in [0.1, 0.15) is 22.2 Å². The van der Waals surface area contributed by atoms with E-state index in [-0.39, 0.29) is 41.0 Å². The standard InChI is InChI=1S/C23H24Cl2N4O6S2/c1-5-33-21(31)18-12(3)19(22(32)34-6-2)37-20(18)26-17(30)11-36-23-28-27-16(29(23)4)10-35-15-9-13(24)7-8-14(15)25/h7-9H,5-6,10-11H2,1-4H3,(H,26,30). The van der Waals surface area contributed by atoms with Gasteiger partial charge in [0, 0.05) is 18.1 Å². The van der Waals surface area contributed by atoms with Gasteiger partial charge in [-0.3, -0.25) is 4.79 Å². The summed E-state index contributed by atoms with van der Waals surface area (Å²) in [5, 5.41) is 12.5. The molecule has 0 bridgehead atoms. The first-order chi connectivity index (χ1) is 17.7. The Hall–Kier alpha value is -2.80. The molecule has 0 radical (unpaired) electrons. The van der Waals surface area contributed by atoms with Crippen LogP contribution in [0, 0.1) is 6.92 Å². The van der Waals surface area contributed by atoms with Crippen LogP contribution in [-0.4, -0.2) is 51.6 Å². The van der Waals surface area contributed by atoms with Crippen LogP contribution in [0.25, 0.3) is 0 Å². The first-order valence-electron chi connectivity index (χ1n) is 11.0. The van der Waals surface area contributed by atoms with E-state index in [1.165, 1.54) is 0 Å². The van der Waals surface area contributed by atoms with Crippen LogP contribution in [0.5, 0.6) is 5.75 Å². The molecule has 2 heterocycles. The molecule has 1 N–H and O–H groups in total. The number of thioether (sulfide) groups is 1. The molecule has 10 nitrogen and oxygen atoms in total. The van der Waals surface area contributed by atoms with E-state index in [4.69, 9.17) is 37.4 Å². The number of benzene rings is 1. The third-order valence-electron chi connectivity index (χ3n) is 4.85. The van der Waals surface area contributed by atoms with Gasteiger partial charge in [0.25, 0.3) is 0 Å². The van der Waals surface area contributed by atoms with Gasteiger partial charge in [-0.2, -0.15) is 0 Å². The molecule has 1 amide bonds. The van der Waals surface area contributed by atoms with Crippen molar-refractivity contribution in [2.24, 2.45) is 7.05 Å².